The van der Waals surface area contributed by atoms with E-state index in [4.69, 9.17) is 0 Å². The maximum absolute atomic E-state index is 12.7. The summed E-state index contributed by atoms with van der Waals surface area (Å²) in [5.74, 6) is -0.347. The lowest BCUT2D eigenvalue weighted by Crippen LogP contribution is -2.34. The van der Waals surface area contributed by atoms with E-state index in [9.17, 15) is 12.8 Å². The molecule has 2 rings (SSSR count). The second-order valence-corrected chi connectivity index (χ2v) is 5.57. The zero-order valence-electron chi connectivity index (χ0n) is 8.11. The average Bonchev–Trinajstić information content (AvgIpc) is 2.19. The summed E-state index contributed by atoms with van der Waals surface area (Å²) in [5, 5.41) is -0.535. The molecule has 5 heteroatoms. The van der Waals surface area contributed by atoms with Crippen LogP contribution in [0, 0.1) is 5.82 Å². The Morgan fingerprint density at radius 3 is 2.53 bits per heavy atom. The molecule has 0 radical (unpaired) electrons. The van der Waals surface area contributed by atoms with Crippen molar-refractivity contribution in [1.29, 1.82) is 0 Å². The van der Waals surface area contributed by atoms with Crippen LogP contribution in [0.4, 0.5) is 4.39 Å². The predicted molar refractivity (Wildman–Crippen MR) is 55.3 cm³/mol. The van der Waals surface area contributed by atoms with Crippen molar-refractivity contribution >= 4 is 10.0 Å². The maximum Gasteiger partial charge on any atom is 0.218 e. The molecule has 1 unspecified atom stereocenters. The zero-order valence-corrected chi connectivity index (χ0v) is 8.93. The molecule has 1 heterocycles. The van der Waals surface area contributed by atoms with Gasteiger partial charge in [0.15, 0.2) is 0 Å². The molecular formula is C10H12FNO2S. The van der Waals surface area contributed by atoms with Crippen molar-refractivity contribution in [2.75, 3.05) is 6.54 Å². The van der Waals surface area contributed by atoms with Crippen LogP contribution < -0.4 is 4.72 Å². The highest BCUT2D eigenvalue weighted by atomic mass is 32.2. The average molecular weight is 229 g/mol. The Balaban J connectivity index is 2.33. The predicted octanol–water partition coefficient (Wildman–Crippen LogP) is 1.58. The SMILES string of the molecule is O=S1(=O)NCCCC1c1ccc(F)cc1. The van der Waals surface area contributed by atoms with Crippen LogP contribution in [-0.4, -0.2) is 15.0 Å². The molecule has 1 saturated heterocycles. The van der Waals surface area contributed by atoms with Crippen LogP contribution in [0.15, 0.2) is 24.3 Å². The fourth-order valence-corrected chi connectivity index (χ4v) is 3.40. The Kier molecular flexibility index (Phi) is 2.75. The molecule has 3 nitrogen and oxygen atoms in total. The Morgan fingerprint density at radius 2 is 1.93 bits per heavy atom. The number of benzene rings is 1. The van der Waals surface area contributed by atoms with Crippen molar-refractivity contribution in [2.45, 2.75) is 18.1 Å². The number of halogens is 1. The molecule has 1 fully saturated rings. The summed E-state index contributed by atoms with van der Waals surface area (Å²) >= 11 is 0. The minimum Gasteiger partial charge on any atom is -0.215 e. The minimum absolute atomic E-state index is 0.347. The Bertz CT molecular complexity index is 441. The summed E-state index contributed by atoms with van der Waals surface area (Å²) in [6.45, 7) is 0.500. The number of hydrogen-bond acceptors (Lipinski definition) is 2. The summed E-state index contributed by atoms with van der Waals surface area (Å²) in [6.07, 6.45) is 1.42. The van der Waals surface area contributed by atoms with Gasteiger partial charge in [0.25, 0.3) is 0 Å². The monoisotopic (exact) mass is 229 g/mol. The zero-order chi connectivity index (χ0) is 10.9. The first-order valence-corrected chi connectivity index (χ1v) is 6.38. The van der Waals surface area contributed by atoms with Gasteiger partial charge in [-0.15, -0.1) is 0 Å². The first-order chi connectivity index (χ1) is 7.09. The van der Waals surface area contributed by atoms with Crippen molar-refractivity contribution < 1.29 is 12.8 Å². The molecule has 0 spiro atoms. The van der Waals surface area contributed by atoms with Crippen molar-refractivity contribution in [3.8, 4) is 0 Å². The fraction of sp³-hybridized carbons (Fsp3) is 0.400. The van der Waals surface area contributed by atoms with Crippen molar-refractivity contribution in [3.05, 3.63) is 35.6 Å². The highest BCUT2D eigenvalue weighted by molar-refractivity contribution is 7.89. The van der Waals surface area contributed by atoms with E-state index in [-0.39, 0.29) is 5.82 Å². The summed E-state index contributed by atoms with van der Waals surface area (Å²) in [4.78, 5) is 0. The van der Waals surface area contributed by atoms with Gasteiger partial charge in [-0.05, 0) is 30.5 Å². The third kappa shape index (κ3) is 2.18. The van der Waals surface area contributed by atoms with Crippen LogP contribution in [0.1, 0.15) is 23.7 Å². The Morgan fingerprint density at radius 1 is 1.27 bits per heavy atom. The van der Waals surface area contributed by atoms with E-state index >= 15 is 0 Å². The summed E-state index contributed by atoms with van der Waals surface area (Å²) in [7, 11) is -3.26. The molecule has 1 aromatic rings. The first-order valence-electron chi connectivity index (χ1n) is 4.83. The standard InChI is InChI=1S/C10H12FNO2S/c11-9-5-3-8(4-6-9)10-2-1-7-12-15(10,13)14/h3-6,10,12H,1-2,7H2. The van der Waals surface area contributed by atoms with Gasteiger partial charge in [0.2, 0.25) is 10.0 Å². The van der Waals surface area contributed by atoms with E-state index in [1.54, 1.807) is 0 Å². The second-order valence-electron chi connectivity index (χ2n) is 3.62. The van der Waals surface area contributed by atoms with E-state index in [0.29, 0.717) is 18.5 Å². The van der Waals surface area contributed by atoms with E-state index in [1.807, 2.05) is 0 Å². The minimum atomic E-state index is -3.26. The molecule has 15 heavy (non-hydrogen) atoms. The Hall–Kier alpha value is -0.940. The molecule has 0 saturated carbocycles. The molecule has 0 aliphatic carbocycles. The van der Waals surface area contributed by atoms with Gasteiger partial charge in [-0.1, -0.05) is 12.1 Å². The number of hydrogen-bond donors (Lipinski definition) is 1. The van der Waals surface area contributed by atoms with Crippen LogP contribution in [0.25, 0.3) is 0 Å². The smallest absolute Gasteiger partial charge is 0.215 e. The van der Waals surface area contributed by atoms with E-state index in [2.05, 4.69) is 4.72 Å². The lowest BCUT2D eigenvalue weighted by Gasteiger charge is -2.23. The molecule has 82 valence electrons. The number of sulfonamides is 1. The van der Waals surface area contributed by atoms with Crippen LogP contribution in [0.2, 0.25) is 0 Å². The van der Waals surface area contributed by atoms with Crippen LogP contribution in [0.3, 0.4) is 0 Å². The molecule has 1 aliphatic rings. The van der Waals surface area contributed by atoms with Crippen LogP contribution in [-0.2, 0) is 10.0 Å². The van der Waals surface area contributed by atoms with E-state index < -0.39 is 15.3 Å². The lowest BCUT2D eigenvalue weighted by molar-refractivity contribution is 0.530. The topological polar surface area (TPSA) is 46.2 Å². The highest BCUT2D eigenvalue weighted by Gasteiger charge is 2.29. The maximum atomic E-state index is 12.7. The lowest BCUT2D eigenvalue weighted by atomic mass is 10.1. The fourth-order valence-electron chi connectivity index (χ4n) is 1.78. The third-order valence-corrected chi connectivity index (χ3v) is 4.43. The molecule has 1 aromatic carbocycles. The van der Waals surface area contributed by atoms with E-state index in [1.165, 1.54) is 24.3 Å². The highest BCUT2D eigenvalue weighted by Crippen LogP contribution is 2.29. The molecule has 1 N–H and O–H groups in total. The number of rotatable bonds is 1. The van der Waals surface area contributed by atoms with Crippen LogP contribution in [0.5, 0.6) is 0 Å². The molecule has 0 bridgehead atoms. The third-order valence-electron chi connectivity index (χ3n) is 2.56. The number of nitrogens with one attached hydrogen (secondary N) is 1. The van der Waals surface area contributed by atoms with Gasteiger partial charge in [0.05, 0.1) is 0 Å². The van der Waals surface area contributed by atoms with Gasteiger partial charge in [-0.25, -0.2) is 17.5 Å². The molecule has 0 amide bonds. The summed E-state index contributed by atoms with van der Waals surface area (Å²) in [5.41, 5.74) is 0.656. The quantitative estimate of drug-likeness (QED) is 0.794. The van der Waals surface area contributed by atoms with Crippen molar-refractivity contribution in [3.63, 3.8) is 0 Å². The van der Waals surface area contributed by atoms with Crippen molar-refractivity contribution in [2.24, 2.45) is 0 Å². The van der Waals surface area contributed by atoms with Crippen molar-refractivity contribution in [1.82, 2.24) is 4.72 Å². The van der Waals surface area contributed by atoms with Crippen LogP contribution >= 0.6 is 0 Å². The molecule has 1 atom stereocenters. The van der Waals surface area contributed by atoms with Gasteiger partial charge in [0, 0.05) is 6.54 Å². The second kappa shape index (κ2) is 3.90. The van der Waals surface area contributed by atoms with Gasteiger partial charge in [-0.3, -0.25) is 0 Å². The van der Waals surface area contributed by atoms with Gasteiger partial charge < -0.3 is 0 Å². The molecule has 1 aliphatic heterocycles. The first kappa shape index (κ1) is 10.6. The largest absolute Gasteiger partial charge is 0.218 e. The van der Waals surface area contributed by atoms with Gasteiger partial charge >= 0.3 is 0 Å². The Labute approximate surface area is 88.4 Å². The molecule has 0 aromatic heterocycles. The normalized spacial score (nSPS) is 25.0. The van der Waals surface area contributed by atoms with E-state index in [0.717, 1.165) is 6.42 Å². The summed E-state index contributed by atoms with van der Waals surface area (Å²) in [6, 6.07) is 5.65. The van der Waals surface area contributed by atoms with Gasteiger partial charge in [-0.2, -0.15) is 0 Å². The molecular weight excluding hydrogens is 217 g/mol. The summed E-state index contributed by atoms with van der Waals surface area (Å²) < 4.78 is 38.5. The van der Waals surface area contributed by atoms with Gasteiger partial charge in [0.1, 0.15) is 11.1 Å².